The molecule has 0 aliphatic heterocycles. The average molecular weight is 236 g/mol. The maximum atomic E-state index is 5.46. The molecule has 2 heterocycles. The molecule has 0 aromatic carbocycles. The second kappa shape index (κ2) is 5.27. The van der Waals surface area contributed by atoms with Gasteiger partial charge < -0.3 is 9.73 Å². The molecule has 2 rings (SSSR count). The zero-order valence-corrected chi connectivity index (χ0v) is 10.4. The molecule has 0 saturated carbocycles. The Labute approximate surface area is 99.5 Å². The molecule has 2 aromatic rings. The Morgan fingerprint density at radius 1 is 1.38 bits per heavy atom. The quantitative estimate of drug-likeness (QED) is 0.867. The second-order valence-electron chi connectivity index (χ2n) is 3.54. The van der Waals surface area contributed by atoms with Crippen molar-refractivity contribution in [3.8, 4) is 10.8 Å². The smallest absolute Gasteiger partial charge is 0.236 e. The zero-order valence-electron chi connectivity index (χ0n) is 9.62. The number of aromatic nitrogens is 1. The Hall–Kier alpha value is -1.13. The fraction of sp³-hybridized carbons (Fsp3) is 0.417. The maximum Gasteiger partial charge on any atom is 0.236 e. The lowest BCUT2D eigenvalue weighted by Gasteiger charge is -1.93. The lowest BCUT2D eigenvalue weighted by Crippen LogP contribution is -2.11. The SMILES string of the molecule is CCNCc1coc(-c2ccc(CC)s2)n1. The minimum Gasteiger partial charge on any atom is -0.444 e. The molecule has 0 atom stereocenters. The Morgan fingerprint density at radius 2 is 2.25 bits per heavy atom. The van der Waals surface area contributed by atoms with Crippen LogP contribution in [0.15, 0.2) is 22.8 Å². The van der Waals surface area contributed by atoms with Crippen molar-refractivity contribution in [3.63, 3.8) is 0 Å². The van der Waals surface area contributed by atoms with E-state index >= 15 is 0 Å². The summed E-state index contributed by atoms with van der Waals surface area (Å²) in [6.07, 6.45) is 2.79. The Bertz CT molecular complexity index is 447. The molecule has 0 unspecified atom stereocenters. The van der Waals surface area contributed by atoms with Gasteiger partial charge in [0.2, 0.25) is 5.89 Å². The van der Waals surface area contributed by atoms with Crippen molar-refractivity contribution in [2.24, 2.45) is 0 Å². The minimum atomic E-state index is 0.734. The van der Waals surface area contributed by atoms with Gasteiger partial charge in [-0.15, -0.1) is 11.3 Å². The Morgan fingerprint density at radius 3 is 2.94 bits per heavy atom. The normalized spacial score (nSPS) is 10.9. The van der Waals surface area contributed by atoms with Crippen molar-refractivity contribution in [2.45, 2.75) is 26.8 Å². The number of thiophene rings is 1. The van der Waals surface area contributed by atoms with Crippen molar-refractivity contribution in [1.82, 2.24) is 10.3 Å². The molecule has 0 fully saturated rings. The summed E-state index contributed by atoms with van der Waals surface area (Å²) in [7, 11) is 0. The first kappa shape index (κ1) is 11.4. The van der Waals surface area contributed by atoms with Crippen LogP contribution in [-0.2, 0) is 13.0 Å². The van der Waals surface area contributed by atoms with Crippen molar-refractivity contribution in [1.29, 1.82) is 0 Å². The van der Waals surface area contributed by atoms with E-state index in [0.29, 0.717) is 0 Å². The molecule has 2 aromatic heterocycles. The molecule has 0 amide bonds. The van der Waals surface area contributed by atoms with Gasteiger partial charge in [0, 0.05) is 11.4 Å². The van der Waals surface area contributed by atoms with Gasteiger partial charge in [-0.2, -0.15) is 0 Å². The van der Waals surface area contributed by atoms with Gasteiger partial charge in [0.05, 0.1) is 10.6 Å². The van der Waals surface area contributed by atoms with Gasteiger partial charge >= 0.3 is 0 Å². The van der Waals surface area contributed by atoms with Gasteiger partial charge in [-0.1, -0.05) is 13.8 Å². The van der Waals surface area contributed by atoms with Crippen molar-refractivity contribution < 1.29 is 4.42 Å². The second-order valence-corrected chi connectivity index (χ2v) is 4.71. The summed E-state index contributed by atoms with van der Waals surface area (Å²) < 4.78 is 5.46. The largest absolute Gasteiger partial charge is 0.444 e. The van der Waals surface area contributed by atoms with Crippen molar-refractivity contribution in [2.75, 3.05) is 6.54 Å². The van der Waals surface area contributed by atoms with Gasteiger partial charge in [0.15, 0.2) is 0 Å². The third-order valence-electron chi connectivity index (χ3n) is 2.33. The van der Waals surface area contributed by atoms with Crippen LogP contribution in [0.4, 0.5) is 0 Å². The number of hydrogen-bond donors (Lipinski definition) is 1. The van der Waals surface area contributed by atoms with Crippen LogP contribution < -0.4 is 5.32 Å². The van der Waals surface area contributed by atoms with Crippen molar-refractivity contribution in [3.05, 3.63) is 29.0 Å². The first-order valence-electron chi connectivity index (χ1n) is 5.57. The zero-order chi connectivity index (χ0) is 11.4. The van der Waals surface area contributed by atoms with Crippen LogP contribution in [0.25, 0.3) is 10.8 Å². The number of nitrogens with zero attached hydrogens (tertiary/aromatic N) is 1. The lowest BCUT2D eigenvalue weighted by atomic mass is 10.4. The van der Waals surface area contributed by atoms with Crippen LogP contribution in [0.3, 0.4) is 0 Å². The number of rotatable bonds is 5. The summed E-state index contributed by atoms with van der Waals surface area (Å²) in [4.78, 5) is 6.92. The molecule has 0 radical (unpaired) electrons. The fourth-order valence-corrected chi connectivity index (χ4v) is 2.32. The average Bonchev–Trinajstić information content (AvgIpc) is 2.94. The molecule has 0 bridgehead atoms. The first-order valence-corrected chi connectivity index (χ1v) is 6.39. The molecule has 16 heavy (non-hydrogen) atoms. The molecular formula is C12H16N2OS. The third-order valence-corrected chi connectivity index (χ3v) is 3.55. The van der Waals surface area contributed by atoms with E-state index in [-0.39, 0.29) is 0 Å². The van der Waals surface area contributed by atoms with Crippen LogP contribution in [-0.4, -0.2) is 11.5 Å². The molecule has 86 valence electrons. The van der Waals surface area contributed by atoms with Gasteiger partial charge in [-0.3, -0.25) is 0 Å². The minimum absolute atomic E-state index is 0.734. The van der Waals surface area contributed by atoms with Gasteiger partial charge in [-0.05, 0) is 25.1 Å². The fourth-order valence-electron chi connectivity index (χ4n) is 1.44. The molecule has 0 saturated heterocycles. The molecule has 0 aliphatic carbocycles. The van der Waals surface area contributed by atoms with Crippen LogP contribution in [0.5, 0.6) is 0 Å². The molecule has 3 nitrogen and oxygen atoms in total. The maximum absolute atomic E-state index is 5.46. The van der Waals surface area contributed by atoms with Gasteiger partial charge in [-0.25, -0.2) is 4.98 Å². The van der Waals surface area contributed by atoms with Crippen LogP contribution in [0, 0.1) is 0 Å². The highest BCUT2D eigenvalue weighted by Crippen LogP contribution is 2.27. The van der Waals surface area contributed by atoms with Crippen LogP contribution in [0.2, 0.25) is 0 Å². The van der Waals surface area contributed by atoms with E-state index in [0.717, 1.165) is 36.0 Å². The molecule has 0 aliphatic rings. The highest BCUT2D eigenvalue weighted by molar-refractivity contribution is 7.15. The molecular weight excluding hydrogens is 220 g/mol. The Kier molecular flexibility index (Phi) is 3.74. The van der Waals surface area contributed by atoms with Crippen molar-refractivity contribution >= 4 is 11.3 Å². The van der Waals surface area contributed by atoms with E-state index in [2.05, 4.69) is 36.3 Å². The first-order chi connectivity index (χ1) is 7.83. The topological polar surface area (TPSA) is 38.1 Å². The number of hydrogen-bond acceptors (Lipinski definition) is 4. The summed E-state index contributed by atoms with van der Waals surface area (Å²) in [5, 5.41) is 3.23. The third kappa shape index (κ3) is 2.51. The summed E-state index contributed by atoms with van der Waals surface area (Å²) in [6.45, 7) is 5.95. The summed E-state index contributed by atoms with van der Waals surface area (Å²) in [6, 6.07) is 4.21. The summed E-state index contributed by atoms with van der Waals surface area (Å²) in [5.74, 6) is 0.734. The predicted molar refractivity (Wildman–Crippen MR) is 66.6 cm³/mol. The molecule has 4 heteroatoms. The summed E-state index contributed by atoms with van der Waals surface area (Å²) in [5.41, 5.74) is 0.961. The molecule has 0 spiro atoms. The van der Waals surface area contributed by atoms with Gasteiger partial charge in [0.25, 0.3) is 0 Å². The van der Waals surface area contributed by atoms with E-state index in [1.165, 1.54) is 4.88 Å². The molecule has 1 N–H and O–H groups in total. The van der Waals surface area contributed by atoms with E-state index in [1.54, 1.807) is 17.6 Å². The Balaban J connectivity index is 2.11. The number of nitrogens with one attached hydrogen (secondary N) is 1. The van der Waals surface area contributed by atoms with Crippen LogP contribution >= 0.6 is 11.3 Å². The highest BCUT2D eigenvalue weighted by Gasteiger charge is 2.08. The van der Waals surface area contributed by atoms with E-state index in [1.807, 2.05) is 0 Å². The summed E-state index contributed by atoms with van der Waals surface area (Å²) >= 11 is 1.75. The standard InChI is InChI=1S/C12H16N2OS/c1-3-10-5-6-11(16-10)12-14-9(8-15-12)7-13-4-2/h5-6,8,13H,3-4,7H2,1-2H3. The van der Waals surface area contributed by atoms with Gasteiger partial charge in [0.1, 0.15) is 6.26 Å². The van der Waals surface area contributed by atoms with E-state index in [4.69, 9.17) is 4.42 Å². The van der Waals surface area contributed by atoms with Crippen LogP contribution in [0.1, 0.15) is 24.4 Å². The van der Waals surface area contributed by atoms with E-state index < -0.39 is 0 Å². The lowest BCUT2D eigenvalue weighted by molar-refractivity contribution is 0.572. The monoisotopic (exact) mass is 236 g/mol. The number of aryl methyl sites for hydroxylation is 1. The van der Waals surface area contributed by atoms with E-state index in [9.17, 15) is 0 Å². The highest BCUT2D eigenvalue weighted by atomic mass is 32.1. The predicted octanol–water partition coefficient (Wildman–Crippen LogP) is 3.08. The number of oxazole rings is 1.